The molecular formula is C8H4Cl2O11S2. The first kappa shape index (κ1) is 21.4. The van der Waals surface area contributed by atoms with E-state index in [0.29, 0.717) is 0 Å². The summed E-state index contributed by atoms with van der Waals surface area (Å²) in [4.78, 5) is 44.4. The van der Waals surface area contributed by atoms with Crippen LogP contribution < -0.4 is 0 Å². The van der Waals surface area contributed by atoms with E-state index in [0.717, 1.165) is 0 Å². The minimum absolute atomic E-state index is 0.355. The third kappa shape index (κ3) is 8.53. The Hall–Kier alpha value is -1.64. The van der Waals surface area contributed by atoms with Gasteiger partial charge in [-0.3, -0.25) is 18.7 Å². The maximum Gasteiger partial charge on any atom is 0.351 e. The smallest absolute Gasteiger partial charge is 0.351 e. The normalized spacial score (nSPS) is 13.4. The van der Waals surface area contributed by atoms with E-state index in [2.05, 4.69) is 4.74 Å². The van der Waals surface area contributed by atoms with Gasteiger partial charge in [0.05, 0.1) is 10.8 Å². The summed E-state index contributed by atoms with van der Waals surface area (Å²) in [5.74, 6) is -4.10. The standard InChI is InChI=1S/C8H4Cl2O11S2/c9-5(11)3(1-22(15,16)17)7(13)21-8(14)4(6(10)12)2-23(18,19)20/h1-2H,(H,15,16,17)(H,18,19,20). The molecule has 0 bridgehead atoms. The summed E-state index contributed by atoms with van der Waals surface area (Å²) in [7, 11) is -10.1. The van der Waals surface area contributed by atoms with Gasteiger partial charge in [0, 0.05) is 0 Å². The van der Waals surface area contributed by atoms with Crippen molar-refractivity contribution in [1.29, 1.82) is 0 Å². The number of ether oxygens (including phenoxy) is 1. The van der Waals surface area contributed by atoms with Crippen LogP contribution >= 0.6 is 23.2 Å². The van der Waals surface area contributed by atoms with Crippen LogP contribution in [0.1, 0.15) is 0 Å². The Morgan fingerprint density at radius 2 is 1.00 bits per heavy atom. The van der Waals surface area contributed by atoms with Crippen LogP contribution in [0.5, 0.6) is 0 Å². The first-order valence-electron chi connectivity index (χ1n) is 4.68. The molecule has 23 heavy (non-hydrogen) atoms. The van der Waals surface area contributed by atoms with Crippen molar-refractivity contribution >= 4 is 65.9 Å². The summed E-state index contributed by atoms with van der Waals surface area (Å²) >= 11 is 9.68. The molecule has 128 valence electrons. The van der Waals surface area contributed by atoms with Gasteiger partial charge in [0.2, 0.25) is 0 Å². The molecule has 0 amide bonds. The topological polar surface area (TPSA) is 186 Å². The summed E-state index contributed by atoms with van der Waals surface area (Å²) < 4.78 is 62.9. The molecule has 11 nitrogen and oxygen atoms in total. The fraction of sp³-hybridized carbons (Fsp3) is 0. The zero-order valence-corrected chi connectivity index (χ0v) is 13.4. The lowest BCUT2D eigenvalue weighted by atomic mass is 10.3. The molecule has 0 fully saturated rings. The van der Waals surface area contributed by atoms with Gasteiger partial charge in [-0.15, -0.1) is 0 Å². The van der Waals surface area contributed by atoms with Crippen LogP contribution in [0.25, 0.3) is 0 Å². The van der Waals surface area contributed by atoms with Crippen molar-refractivity contribution in [1.82, 2.24) is 0 Å². The third-order valence-corrected chi connectivity index (χ3v) is 3.06. The van der Waals surface area contributed by atoms with Crippen molar-refractivity contribution in [2.45, 2.75) is 0 Å². The number of hydrogen-bond donors (Lipinski definition) is 2. The monoisotopic (exact) mass is 410 g/mol. The van der Waals surface area contributed by atoms with E-state index in [9.17, 15) is 36.0 Å². The van der Waals surface area contributed by atoms with Crippen molar-refractivity contribution < 1.29 is 49.9 Å². The van der Waals surface area contributed by atoms with Crippen molar-refractivity contribution in [3.8, 4) is 0 Å². The molecule has 0 aliphatic carbocycles. The number of carbonyl (C=O) groups is 4. The number of rotatable bonds is 6. The number of carbonyl (C=O) groups excluding carboxylic acids is 4. The highest BCUT2D eigenvalue weighted by Crippen LogP contribution is 2.11. The van der Waals surface area contributed by atoms with Gasteiger partial charge >= 0.3 is 11.9 Å². The van der Waals surface area contributed by atoms with Crippen LogP contribution in [-0.2, 0) is 44.2 Å². The maximum absolute atomic E-state index is 11.4. The number of esters is 2. The van der Waals surface area contributed by atoms with E-state index in [1.54, 1.807) is 0 Å². The Morgan fingerprint density at radius 1 is 0.739 bits per heavy atom. The molecule has 0 aliphatic rings. The lowest BCUT2D eigenvalue weighted by Gasteiger charge is -2.03. The predicted octanol–water partition coefficient (Wildman–Crippen LogP) is -0.870. The highest BCUT2D eigenvalue weighted by molar-refractivity contribution is 7.89. The average Bonchev–Trinajstić information content (AvgIpc) is 2.29. The number of halogens is 2. The first-order valence-corrected chi connectivity index (χ1v) is 8.45. The molecule has 0 atom stereocenters. The van der Waals surface area contributed by atoms with Crippen LogP contribution in [0.2, 0.25) is 0 Å². The second kappa shape index (κ2) is 7.76. The summed E-state index contributed by atoms with van der Waals surface area (Å²) in [6, 6.07) is 0. The fourth-order valence-corrected chi connectivity index (χ4v) is 2.24. The van der Waals surface area contributed by atoms with E-state index in [4.69, 9.17) is 32.3 Å². The van der Waals surface area contributed by atoms with Crippen LogP contribution in [0.4, 0.5) is 0 Å². The first-order chi connectivity index (χ1) is 10.1. The molecule has 2 N–H and O–H groups in total. The Morgan fingerprint density at radius 3 is 1.17 bits per heavy atom. The predicted molar refractivity (Wildman–Crippen MR) is 72.1 cm³/mol. The van der Waals surface area contributed by atoms with E-state index < -0.39 is 53.8 Å². The van der Waals surface area contributed by atoms with Gasteiger partial charge in [0.1, 0.15) is 11.1 Å². The molecule has 15 heteroatoms. The molecule has 0 heterocycles. The van der Waals surface area contributed by atoms with Crippen LogP contribution in [-0.4, -0.2) is 48.4 Å². The molecule has 0 saturated heterocycles. The molecule has 0 radical (unpaired) electrons. The Balaban J connectivity index is 5.71. The van der Waals surface area contributed by atoms with Gasteiger partial charge in [0.15, 0.2) is 0 Å². The van der Waals surface area contributed by atoms with Crippen molar-refractivity contribution in [3.63, 3.8) is 0 Å². The molecule has 0 aromatic rings. The summed E-state index contributed by atoms with van der Waals surface area (Å²) in [5.41, 5.74) is -3.06. The summed E-state index contributed by atoms with van der Waals surface area (Å²) in [6.45, 7) is 0. The second-order valence-corrected chi connectivity index (χ2v) is 6.54. The molecular weight excluding hydrogens is 407 g/mol. The molecule has 0 spiro atoms. The summed E-state index contributed by atoms with van der Waals surface area (Å²) in [5, 5.41) is -4.24. The average molecular weight is 411 g/mol. The fourth-order valence-electron chi connectivity index (χ4n) is 0.841. The van der Waals surface area contributed by atoms with E-state index >= 15 is 0 Å². The van der Waals surface area contributed by atoms with Gasteiger partial charge < -0.3 is 4.74 Å². The van der Waals surface area contributed by atoms with Crippen LogP contribution in [0.15, 0.2) is 22.0 Å². The van der Waals surface area contributed by atoms with Crippen molar-refractivity contribution in [2.75, 3.05) is 0 Å². The van der Waals surface area contributed by atoms with Crippen LogP contribution in [0.3, 0.4) is 0 Å². The molecule has 0 saturated carbocycles. The lowest BCUT2D eigenvalue weighted by Crippen LogP contribution is -2.22. The number of hydrogen-bond acceptors (Lipinski definition) is 9. The molecule has 0 unspecified atom stereocenters. The van der Waals surface area contributed by atoms with Gasteiger partial charge in [-0.05, 0) is 23.2 Å². The Bertz CT molecular complexity index is 761. The van der Waals surface area contributed by atoms with Gasteiger partial charge in [0.25, 0.3) is 30.7 Å². The van der Waals surface area contributed by atoms with Gasteiger partial charge in [-0.25, -0.2) is 9.59 Å². The highest BCUT2D eigenvalue weighted by atomic mass is 35.5. The Kier molecular flexibility index (Phi) is 7.21. The third-order valence-electron chi connectivity index (χ3n) is 1.58. The highest BCUT2D eigenvalue weighted by Gasteiger charge is 2.28. The van der Waals surface area contributed by atoms with Gasteiger partial charge in [-0.2, -0.15) is 16.8 Å². The maximum atomic E-state index is 11.4. The van der Waals surface area contributed by atoms with E-state index in [1.165, 1.54) is 0 Å². The minimum atomic E-state index is -5.04. The van der Waals surface area contributed by atoms with Crippen molar-refractivity contribution in [2.24, 2.45) is 0 Å². The zero-order valence-electron chi connectivity index (χ0n) is 10.3. The molecule has 0 aromatic heterocycles. The zero-order chi connectivity index (χ0) is 18.6. The lowest BCUT2D eigenvalue weighted by molar-refractivity contribution is -0.154. The van der Waals surface area contributed by atoms with Crippen LogP contribution in [0, 0.1) is 0 Å². The minimum Gasteiger partial charge on any atom is -0.385 e. The molecule has 0 rings (SSSR count). The largest absolute Gasteiger partial charge is 0.385 e. The summed E-state index contributed by atoms with van der Waals surface area (Å²) in [6.07, 6.45) is 0. The Labute approximate surface area is 138 Å². The SMILES string of the molecule is O=C(Cl)C(=CS(=O)(=O)O)C(=O)OC(=O)C(=CS(=O)(=O)O)C(=O)Cl. The van der Waals surface area contributed by atoms with Crippen molar-refractivity contribution in [3.05, 3.63) is 22.0 Å². The van der Waals surface area contributed by atoms with Gasteiger partial charge in [-0.1, -0.05) is 0 Å². The quantitative estimate of drug-likeness (QED) is 0.138. The molecule has 0 aliphatic heterocycles. The second-order valence-electron chi connectivity index (χ2n) is 3.32. The van der Waals surface area contributed by atoms with E-state index in [1.807, 2.05) is 0 Å². The van der Waals surface area contributed by atoms with E-state index in [-0.39, 0.29) is 10.8 Å². The molecule has 0 aromatic carbocycles.